The van der Waals surface area contributed by atoms with Gasteiger partial charge in [0.1, 0.15) is 0 Å². The van der Waals surface area contributed by atoms with Gasteiger partial charge in [-0.05, 0) is 24.5 Å². The van der Waals surface area contributed by atoms with Crippen LogP contribution in [0, 0.1) is 6.92 Å². The molecular formula is C13H17N3O. The number of carbonyl (C=O) groups is 1. The van der Waals surface area contributed by atoms with Crippen molar-refractivity contribution in [2.24, 2.45) is 0 Å². The summed E-state index contributed by atoms with van der Waals surface area (Å²) in [4.78, 5) is 10.8. The second kappa shape index (κ2) is 4.49. The smallest absolute Gasteiger partial charge is 0.216 e. The van der Waals surface area contributed by atoms with Crippen molar-refractivity contribution in [1.82, 2.24) is 9.99 Å². The highest BCUT2D eigenvalue weighted by atomic mass is 16.1. The number of benzene rings is 1. The minimum absolute atomic E-state index is 0.00216. The Morgan fingerprint density at radius 1 is 1.47 bits per heavy atom. The van der Waals surface area contributed by atoms with Crippen LogP contribution >= 0.6 is 0 Å². The van der Waals surface area contributed by atoms with Gasteiger partial charge in [0.15, 0.2) is 0 Å². The first-order valence-corrected chi connectivity index (χ1v) is 5.68. The number of nitrogens with two attached hydrogens (primary N) is 1. The summed E-state index contributed by atoms with van der Waals surface area (Å²) in [7, 11) is 0. The van der Waals surface area contributed by atoms with Crippen LogP contribution < -0.4 is 11.2 Å². The van der Waals surface area contributed by atoms with Crippen molar-refractivity contribution in [3.63, 3.8) is 0 Å². The number of amides is 1. The average molecular weight is 231 g/mol. The number of carbonyl (C=O) groups excluding carboxylic acids is 1. The van der Waals surface area contributed by atoms with Crippen LogP contribution in [-0.4, -0.2) is 17.1 Å². The molecule has 0 spiro atoms. The van der Waals surface area contributed by atoms with Crippen molar-refractivity contribution in [1.29, 1.82) is 0 Å². The Labute approximate surface area is 100 Å². The van der Waals surface area contributed by atoms with Crippen LogP contribution in [0.15, 0.2) is 24.4 Å². The molecule has 90 valence electrons. The summed E-state index contributed by atoms with van der Waals surface area (Å²) < 4.78 is 1.66. The van der Waals surface area contributed by atoms with Gasteiger partial charge in [-0.25, -0.2) is 0 Å². The molecule has 0 bridgehead atoms. The molecule has 3 N–H and O–H groups in total. The quantitative estimate of drug-likeness (QED) is 0.783. The van der Waals surface area contributed by atoms with Gasteiger partial charge in [-0.3, -0.25) is 9.47 Å². The lowest BCUT2D eigenvalue weighted by Crippen LogP contribution is -2.22. The van der Waals surface area contributed by atoms with E-state index < -0.39 is 0 Å². The van der Waals surface area contributed by atoms with Crippen LogP contribution in [0.3, 0.4) is 0 Å². The molecule has 1 amide bonds. The first-order chi connectivity index (χ1) is 8.09. The number of nitrogens with zero attached hydrogens (tertiary/aromatic N) is 1. The summed E-state index contributed by atoms with van der Waals surface area (Å²) in [6.07, 6.45) is 2.73. The van der Waals surface area contributed by atoms with Gasteiger partial charge in [-0.15, -0.1) is 0 Å². The fourth-order valence-electron chi connectivity index (χ4n) is 2.14. The van der Waals surface area contributed by atoms with Crippen molar-refractivity contribution in [3.05, 3.63) is 35.5 Å². The summed E-state index contributed by atoms with van der Waals surface area (Å²) in [6.45, 7) is 4.21. The van der Waals surface area contributed by atoms with Crippen molar-refractivity contribution in [2.45, 2.75) is 20.3 Å². The highest BCUT2D eigenvalue weighted by Gasteiger charge is 2.08. The molecule has 0 aliphatic heterocycles. The highest BCUT2D eigenvalue weighted by Crippen LogP contribution is 2.22. The van der Waals surface area contributed by atoms with Gasteiger partial charge >= 0.3 is 0 Å². The number of hydrogen-bond donors (Lipinski definition) is 2. The first-order valence-electron chi connectivity index (χ1n) is 5.68. The van der Waals surface area contributed by atoms with Crippen LogP contribution in [0.25, 0.3) is 10.9 Å². The lowest BCUT2D eigenvalue weighted by atomic mass is 10.1. The predicted octanol–water partition coefficient (Wildman–Crippen LogP) is 1.34. The molecule has 0 saturated carbocycles. The van der Waals surface area contributed by atoms with E-state index in [4.69, 9.17) is 5.84 Å². The zero-order valence-electron chi connectivity index (χ0n) is 10.2. The second-order valence-electron chi connectivity index (χ2n) is 4.27. The zero-order chi connectivity index (χ0) is 12.4. The third-order valence-corrected chi connectivity index (χ3v) is 2.91. The maximum atomic E-state index is 10.8. The molecule has 0 fully saturated rings. The topological polar surface area (TPSA) is 60.0 Å². The van der Waals surface area contributed by atoms with E-state index in [9.17, 15) is 4.79 Å². The number of aryl methyl sites for hydroxylation is 1. The lowest BCUT2D eigenvalue weighted by Gasteiger charge is -2.01. The van der Waals surface area contributed by atoms with Crippen molar-refractivity contribution in [2.75, 3.05) is 12.4 Å². The molecule has 2 aromatic rings. The monoisotopic (exact) mass is 231 g/mol. The number of nitrogens with one attached hydrogen (secondary N) is 1. The van der Waals surface area contributed by atoms with E-state index in [1.165, 1.54) is 12.5 Å². The fraction of sp³-hybridized carbons (Fsp3) is 0.308. The molecule has 4 heteroatoms. The Morgan fingerprint density at radius 2 is 2.24 bits per heavy atom. The van der Waals surface area contributed by atoms with Crippen LogP contribution in [0.1, 0.15) is 18.1 Å². The van der Waals surface area contributed by atoms with Crippen LogP contribution in [0.5, 0.6) is 0 Å². The number of rotatable bonds is 3. The van der Waals surface area contributed by atoms with Gasteiger partial charge in [0.05, 0.1) is 5.52 Å². The number of para-hydroxylation sites is 1. The predicted molar refractivity (Wildman–Crippen MR) is 69.2 cm³/mol. The minimum atomic E-state index is -0.00216. The molecule has 1 aromatic heterocycles. The summed E-state index contributed by atoms with van der Waals surface area (Å²) in [5, 5.41) is 3.96. The molecule has 1 aromatic carbocycles. The zero-order valence-corrected chi connectivity index (χ0v) is 10.2. The van der Waals surface area contributed by atoms with E-state index in [-0.39, 0.29) is 5.91 Å². The lowest BCUT2D eigenvalue weighted by molar-refractivity contribution is -0.118. The van der Waals surface area contributed by atoms with Crippen LogP contribution in [-0.2, 0) is 11.2 Å². The molecule has 0 saturated heterocycles. The largest absolute Gasteiger partial charge is 0.356 e. The van der Waals surface area contributed by atoms with Crippen LogP contribution in [0.4, 0.5) is 0 Å². The Bertz CT molecular complexity index is 557. The van der Waals surface area contributed by atoms with E-state index in [2.05, 4.69) is 11.4 Å². The Balaban J connectivity index is 2.29. The molecule has 0 aliphatic rings. The van der Waals surface area contributed by atoms with E-state index in [0.29, 0.717) is 6.54 Å². The van der Waals surface area contributed by atoms with E-state index >= 15 is 0 Å². The summed E-state index contributed by atoms with van der Waals surface area (Å²) in [5.41, 5.74) is 3.39. The van der Waals surface area contributed by atoms with Crippen molar-refractivity contribution in [3.8, 4) is 0 Å². The Hall–Kier alpha value is -1.97. The maximum absolute atomic E-state index is 10.8. The molecule has 17 heavy (non-hydrogen) atoms. The summed E-state index contributed by atoms with van der Waals surface area (Å²) >= 11 is 0. The normalized spacial score (nSPS) is 10.7. The maximum Gasteiger partial charge on any atom is 0.216 e. The van der Waals surface area contributed by atoms with Gasteiger partial charge in [-0.2, -0.15) is 0 Å². The molecule has 0 aliphatic carbocycles. The van der Waals surface area contributed by atoms with Gasteiger partial charge in [0.25, 0.3) is 0 Å². The number of nitrogen functional groups attached to an aromatic ring is 1. The van der Waals surface area contributed by atoms with E-state index in [1.807, 2.05) is 25.3 Å². The minimum Gasteiger partial charge on any atom is -0.356 e. The van der Waals surface area contributed by atoms with Crippen LogP contribution in [0.2, 0.25) is 0 Å². The molecule has 0 radical (unpaired) electrons. The van der Waals surface area contributed by atoms with E-state index in [0.717, 1.165) is 22.9 Å². The van der Waals surface area contributed by atoms with E-state index in [1.54, 1.807) is 4.68 Å². The fourth-order valence-corrected chi connectivity index (χ4v) is 2.14. The Morgan fingerprint density at radius 3 is 2.94 bits per heavy atom. The van der Waals surface area contributed by atoms with Gasteiger partial charge in [0.2, 0.25) is 5.91 Å². The standard InChI is InChI=1S/C13H17N3O/c1-9-4-3-5-12-11(6-7-15-10(2)17)8-16(14)13(9)12/h3-5,8H,6-7,14H2,1-2H3,(H,15,17). The second-order valence-corrected chi connectivity index (χ2v) is 4.27. The highest BCUT2D eigenvalue weighted by molar-refractivity contribution is 5.86. The number of hydrogen-bond acceptors (Lipinski definition) is 2. The van der Waals surface area contributed by atoms with Gasteiger partial charge in [-0.1, -0.05) is 18.2 Å². The SMILES string of the molecule is CC(=O)NCCc1cn(N)c2c(C)cccc12. The molecule has 1 heterocycles. The number of fused-ring (bicyclic) bond motifs is 1. The van der Waals surface area contributed by atoms with Gasteiger partial charge in [0, 0.05) is 25.1 Å². The summed E-state index contributed by atoms with van der Waals surface area (Å²) in [6, 6.07) is 6.14. The molecule has 4 nitrogen and oxygen atoms in total. The Kier molecular flexibility index (Phi) is 3.04. The summed E-state index contributed by atoms with van der Waals surface area (Å²) in [5.74, 6) is 5.94. The average Bonchev–Trinajstić information content (AvgIpc) is 2.57. The van der Waals surface area contributed by atoms with Crippen molar-refractivity contribution < 1.29 is 4.79 Å². The third kappa shape index (κ3) is 2.25. The third-order valence-electron chi connectivity index (χ3n) is 2.91. The first kappa shape index (κ1) is 11.5. The molecule has 2 rings (SSSR count). The molecule has 0 unspecified atom stereocenters. The van der Waals surface area contributed by atoms with Gasteiger partial charge < -0.3 is 11.2 Å². The molecule has 0 atom stereocenters. The number of aromatic nitrogens is 1. The van der Waals surface area contributed by atoms with Crippen molar-refractivity contribution >= 4 is 16.8 Å². The molecular weight excluding hydrogens is 214 g/mol.